The Kier molecular flexibility index (Phi) is 5.38. The lowest BCUT2D eigenvalue weighted by Crippen LogP contribution is -2.05. The summed E-state index contributed by atoms with van der Waals surface area (Å²) in [6, 6.07) is 15.6. The molecule has 0 amide bonds. The lowest BCUT2D eigenvalue weighted by atomic mass is 10.1. The first-order chi connectivity index (χ1) is 10.2. The number of carboxylic acid groups (broad SMARTS) is 1. The zero-order chi connectivity index (χ0) is 15.1. The lowest BCUT2D eigenvalue weighted by Gasteiger charge is -2.09. The van der Waals surface area contributed by atoms with Crippen LogP contribution in [0.25, 0.3) is 0 Å². The molecular weight excluding hydrogens is 264 g/mol. The molecular formula is C18H20O3. The summed E-state index contributed by atoms with van der Waals surface area (Å²) in [7, 11) is 0. The van der Waals surface area contributed by atoms with E-state index in [-0.39, 0.29) is 5.56 Å². The van der Waals surface area contributed by atoms with E-state index in [0.717, 1.165) is 24.8 Å². The third kappa shape index (κ3) is 4.63. The smallest absolute Gasteiger partial charge is 0.339 e. The number of carboxylic acids is 1. The predicted octanol–water partition coefficient (Wildman–Crippen LogP) is 4.09. The van der Waals surface area contributed by atoms with E-state index in [1.807, 2.05) is 31.2 Å². The molecule has 2 aromatic rings. The van der Waals surface area contributed by atoms with E-state index in [4.69, 9.17) is 9.84 Å². The topological polar surface area (TPSA) is 46.5 Å². The van der Waals surface area contributed by atoms with Crippen molar-refractivity contribution in [1.29, 1.82) is 0 Å². The number of benzene rings is 2. The molecule has 0 unspecified atom stereocenters. The zero-order valence-electron chi connectivity index (χ0n) is 12.2. The van der Waals surface area contributed by atoms with E-state index in [1.165, 1.54) is 5.56 Å². The van der Waals surface area contributed by atoms with Crippen molar-refractivity contribution in [3.63, 3.8) is 0 Å². The fourth-order valence-electron chi connectivity index (χ4n) is 2.19. The van der Waals surface area contributed by atoms with Gasteiger partial charge in [-0.2, -0.15) is 0 Å². The van der Waals surface area contributed by atoms with Gasteiger partial charge in [0.2, 0.25) is 0 Å². The van der Waals surface area contributed by atoms with Gasteiger partial charge in [-0.1, -0.05) is 42.0 Å². The maximum atomic E-state index is 11.2. The van der Waals surface area contributed by atoms with E-state index >= 15 is 0 Å². The van der Waals surface area contributed by atoms with Crippen molar-refractivity contribution < 1.29 is 14.6 Å². The molecule has 2 rings (SSSR count). The quantitative estimate of drug-likeness (QED) is 0.779. The van der Waals surface area contributed by atoms with Crippen molar-refractivity contribution in [2.24, 2.45) is 0 Å². The number of carbonyl (C=O) groups is 1. The molecule has 0 radical (unpaired) electrons. The van der Waals surface area contributed by atoms with Gasteiger partial charge in [-0.05, 0) is 43.9 Å². The average Bonchev–Trinajstić information content (AvgIpc) is 2.49. The molecule has 110 valence electrons. The molecule has 0 saturated carbocycles. The van der Waals surface area contributed by atoms with Gasteiger partial charge in [-0.25, -0.2) is 4.79 Å². The molecule has 0 aliphatic rings. The molecule has 0 bridgehead atoms. The zero-order valence-corrected chi connectivity index (χ0v) is 12.2. The van der Waals surface area contributed by atoms with Gasteiger partial charge in [0.1, 0.15) is 11.3 Å². The highest BCUT2D eigenvalue weighted by Crippen LogP contribution is 2.20. The number of rotatable bonds is 7. The fourth-order valence-corrected chi connectivity index (χ4v) is 2.19. The third-order valence-electron chi connectivity index (χ3n) is 3.33. The minimum atomic E-state index is -0.946. The Morgan fingerprint density at radius 1 is 1.10 bits per heavy atom. The average molecular weight is 284 g/mol. The molecule has 1 N–H and O–H groups in total. The highest BCUT2D eigenvalue weighted by atomic mass is 16.5. The van der Waals surface area contributed by atoms with Crippen molar-refractivity contribution in [3.8, 4) is 5.75 Å². The Morgan fingerprint density at radius 2 is 1.86 bits per heavy atom. The molecule has 2 aromatic carbocycles. The summed E-state index contributed by atoms with van der Waals surface area (Å²) in [5.74, 6) is -0.495. The third-order valence-corrected chi connectivity index (χ3v) is 3.33. The molecule has 0 saturated heterocycles. The molecule has 3 heteroatoms. The van der Waals surface area contributed by atoms with Gasteiger partial charge in [0.25, 0.3) is 0 Å². The fraction of sp³-hybridized carbons (Fsp3) is 0.278. The number of aryl methyl sites for hydroxylation is 2. The van der Waals surface area contributed by atoms with E-state index in [9.17, 15) is 4.79 Å². The van der Waals surface area contributed by atoms with Crippen molar-refractivity contribution in [2.75, 3.05) is 6.61 Å². The van der Waals surface area contributed by atoms with Crippen LogP contribution in [-0.2, 0) is 6.42 Å². The molecule has 0 aliphatic carbocycles. The van der Waals surface area contributed by atoms with Crippen LogP contribution in [0.5, 0.6) is 5.75 Å². The molecule has 21 heavy (non-hydrogen) atoms. The summed E-state index contributed by atoms with van der Waals surface area (Å²) >= 11 is 0. The first-order valence-electron chi connectivity index (χ1n) is 7.17. The van der Waals surface area contributed by atoms with Crippen LogP contribution in [0, 0.1) is 6.92 Å². The van der Waals surface area contributed by atoms with E-state index in [2.05, 4.69) is 12.1 Å². The Labute approximate surface area is 125 Å². The largest absolute Gasteiger partial charge is 0.493 e. The van der Waals surface area contributed by atoms with Crippen LogP contribution in [0.2, 0.25) is 0 Å². The highest BCUT2D eigenvalue weighted by molar-refractivity contribution is 5.91. The van der Waals surface area contributed by atoms with Crippen LogP contribution in [0.4, 0.5) is 0 Å². The summed E-state index contributed by atoms with van der Waals surface area (Å²) in [5, 5.41) is 9.16. The van der Waals surface area contributed by atoms with E-state index < -0.39 is 5.97 Å². The van der Waals surface area contributed by atoms with Gasteiger partial charge in [0.15, 0.2) is 0 Å². The van der Waals surface area contributed by atoms with E-state index in [1.54, 1.807) is 12.1 Å². The molecule has 0 spiro atoms. The van der Waals surface area contributed by atoms with E-state index in [0.29, 0.717) is 12.4 Å². The van der Waals surface area contributed by atoms with Crippen molar-refractivity contribution in [1.82, 2.24) is 0 Å². The Bertz CT molecular complexity index is 591. The first-order valence-corrected chi connectivity index (χ1v) is 7.17. The Hall–Kier alpha value is -2.29. The second-order valence-corrected chi connectivity index (χ2v) is 5.10. The monoisotopic (exact) mass is 284 g/mol. The molecule has 0 aliphatic heterocycles. The van der Waals surface area contributed by atoms with Crippen LogP contribution in [-0.4, -0.2) is 17.7 Å². The molecule has 0 atom stereocenters. The SMILES string of the molecule is Cc1ccc(OCCCCc2ccccc2)c(C(=O)O)c1. The summed E-state index contributed by atoms with van der Waals surface area (Å²) < 4.78 is 5.61. The van der Waals surface area contributed by atoms with Crippen LogP contribution in [0.15, 0.2) is 48.5 Å². The highest BCUT2D eigenvalue weighted by Gasteiger charge is 2.11. The Morgan fingerprint density at radius 3 is 2.57 bits per heavy atom. The Balaban J connectivity index is 1.80. The van der Waals surface area contributed by atoms with Gasteiger partial charge in [-0.15, -0.1) is 0 Å². The predicted molar refractivity (Wildman–Crippen MR) is 83.0 cm³/mol. The number of hydrogen-bond acceptors (Lipinski definition) is 2. The minimum Gasteiger partial charge on any atom is -0.493 e. The van der Waals surface area contributed by atoms with Crippen LogP contribution < -0.4 is 4.74 Å². The molecule has 0 heterocycles. The van der Waals surface area contributed by atoms with Crippen molar-refractivity contribution in [2.45, 2.75) is 26.2 Å². The van der Waals surface area contributed by atoms with Gasteiger partial charge in [0, 0.05) is 0 Å². The summed E-state index contributed by atoms with van der Waals surface area (Å²) in [6.45, 7) is 2.41. The first kappa shape index (κ1) is 15.1. The van der Waals surface area contributed by atoms with Crippen molar-refractivity contribution >= 4 is 5.97 Å². The standard InChI is InChI=1S/C18H20O3/c1-14-10-11-17(16(13-14)18(19)20)21-12-6-5-9-15-7-3-2-4-8-15/h2-4,7-8,10-11,13H,5-6,9,12H2,1H3,(H,19,20). The van der Waals surface area contributed by atoms with Gasteiger partial charge >= 0.3 is 5.97 Å². The van der Waals surface area contributed by atoms with Crippen LogP contribution >= 0.6 is 0 Å². The maximum absolute atomic E-state index is 11.2. The van der Waals surface area contributed by atoms with Gasteiger partial charge in [-0.3, -0.25) is 0 Å². The normalized spacial score (nSPS) is 10.3. The van der Waals surface area contributed by atoms with Crippen LogP contribution in [0.1, 0.15) is 34.3 Å². The number of ether oxygens (including phenoxy) is 1. The lowest BCUT2D eigenvalue weighted by molar-refractivity contribution is 0.0692. The maximum Gasteiger partial charge on any atom is 0.339 e. The minimum absolute atomic E-state index is 0.234. The van der Waals surface area contributed by atoms with Crippen LogP contribution in [0.3, 0.4) is 0 Å². The van der Waals surface area contributed by atoms with Gasteiger partial charge in [0.05, 0.1) is 6.61 Å². The van der Waals surface area contributed by atoms with Gasteiger partial charge < -0.3 is 9.84 Å². The molecule has 3 nitrogen and oxygen atoms in total. The number of aromatic carboxylic acids is 1. The summed E-state index contributed by atoms with van der Waals surface area (Å²) in [5.41, 5.74) is 2.47. The second-order valence-electron chi connectivity index (χ2n) is 5.10. The summed E-state index contributed by atoms with van der Waals surface area (Å²) in [6.07, 6.45) is 2.95. The van der Waals surface area contributed by atoms with Crippen molar-refractivity contribution in [3.05, 3.63) is 65.2 Å². The molecule has 0 aromatic heterocycles. The number of hydrogen-bond donors (Lipinski definition) is 1. The summed E-state index contributed by atoms with van der Waals surface area (Å²) in [4.78, 5) is 11.2. The number of unbranched alkanes of at least 4 members (excludes halogenated alkanes) is 1. The second kappa shape index (κ2) is 7.48. The molecule has 0 fully saturated rings.